The predicted octanol–water partition coefficient (Wildman–Crippen LogP) is 4.63. The van der Waals surface area contributed by atoms with Crippen LogP contribution in [-0.2, 0) is 0 Å². The molecule has 126 valence electrons. The van der Waals surface area contributed by atoms with Crippen LogP contribution in [0.15, 0.2) is 48.5 Å². The van der Waals surface area contributed by atoms with E-state index in [0.717, 1.165) is 16.8 Å². The van der Waals surface area contributed by atoms with Crippen molar-refractivity contribution in [3.63, 3.8) is 0 Å². The summed E-state index contributed by atoms with van der Waals surface area (Å²) in [6.07, 6.45) is 0. The molecule has 0 saturated heterocycles. The third kappa shape index (κ3) is 3.95. The molecule has 3 N–H and O–H groups in total. The predicted molar refractivity (Wildman–Crippen MR) is 101 cm³/mol. The van der Waals surface area contributed by atoms with Crippen LogP contribution in [0.3, 0.4) is 0 Å². The fourth-order valence-corrected chi connectivity index (χ4v) is 2.65. The molecule has 0 saturated carbocycles. The Morgan fingerprint density at radius 1 is 1.08 bits per heavy atom. The lowest BCUT2D eigenvalue weighted by Crippen LogP contribution is -2.02. The van der Waals surface area contributed by atoms with E-state index in [-0.39, 0.29) is 11.7 Å². The maximum absolute atomic E-state index is 11.4. The molecule has 0 aliphatic rings. The quantitative estimate of drug-likeness (QED) is 0.669. The minimum atomic E-state index is 0.0246. The number of ketones is 1. The van der Waals surface area contributed by atoms with E-state index < -0.39 is 0 Å². The number of nitrogen functional groups attached to an aromatic ring is 1. The van der Waals surface area contributed by atoms with Crippen molar-refractivity contribution in [1.29, 1.82) is 0 Å². The fourth-order valence-electron chi connectivity index (χ4n) is 2.47. The van der Waals surface area contributed by atoms with Gasteiger partial charge in [-0.05, 0) is 55.8 Å². The van der Waals surface area contributed by atoms with Gasteiger partial charge in [-0.15, -0.1) is 0 Å². The SMILES string of the molecule is CC(=O)c1ccc(Nc2cc(-c3cc(Cl)ccc3C)nc(N)n2)cc1. The maximum Gasteiger partial charge on any atom is 0.222 e. The third-order valence-corrected chi connectivity index (χ3v) is 4.02. The number of carbonyl (C=O) groups excluding carboxylic acids is 1. The zero-order valence-electron chi connectivity index (χ0n) is 13.9. The van der Waals surface area contributed by atoms with E-state index >= 15 is 0 Å². The van der Waals surface area contributed by atoms with Gasteiger partial charge in [-0.2, -0.15) is 4.98 Å². The van der Waals surface area contributed by atoms with Crippen LogP contribution >= 0.6 is 11.6 Å². The van der Waals surface area contributed by atoms with E-state index in [9.17, 15) is 4.79 Å². The van der Waals surface area contributed by atoms with Crippen molar-refractivity contribution in [2.45, 2.75) is 13.8 Å². The van der Waals surface area contributed by atoms with Gasteiger partial charge in [0.1, 0.15) is 5.82 Å². The van der Waals surface area contributed by atoms with Crippen molar-refractivity contribution in [2.24, 2.45) is 0 Å². The van der Waals surface area contributed by atoms with Crippen LogP contribution < -0.4 is 11.1 Å². The van der Waals surface area contributed by atoms with Gasteiger partial charge < -0.3 is 11.1 Å². The molecule has 5 nitrogen and oxygen atoms in total. The number of rotatable bonds is 4. The Labute approximate surface area is 150 Å². The van der Waals surface area contributed by atoms with Crippen LogP contribution in [0.1, 0.15) is 22.8 Å². The van der Waals surface area contributed by atoms with Crippen LogP contribution in [0, 0.1) is 6.92 Å². The van der Waals surface area contributed by atoms with Gasteiger partial charge in [-0.1, -0.05) is 17.7 Å². The highest BCUT2D eigenvalue weighted by Gasteiger charge is 2.09. The molecule has 0 aliphatic carbocycles. The van der Waals surface area contributed by atoms with Crippen molar-refractivity contribution in [1.82, 2.24) is 9.97 Å². The van der Waals surface area contributed by atoms with Gasteiger partial charge >= 0.3 is 0 Å². The van der Waals surface area contributed by atoms with E-state index in [4.69, 9.17) is 17.3 Å². The largest absolute Gasteiger partial charge is 0.368 e. The number of carbonyl (C=O) groups is 1. The summed E-state index contributed by atoms with van der Waals surface area (Å²) in [6.45, 7) is 3.52. The van der Waals surface area contributed by atoms with E-state index in [1.165, 1.54) is 6.92 Å². The first-order valence-corrected chi connectivity index (χ1v) is 8.09. The highest BCUT2D eigenvalue weighted by atomic mass is 35.5. The second-order valence-electron chi connectivity index (χ2n) is 5.71. The number of halogens is 1. The van der Waals surface area contributed by atoms with E-state index in [1.807, 2.05) is 43.3 Å². The van der Waals surface area contributed by atoms with Gasteiger partial charge in [-0.25, -0.2) is 4.98 Å². The van der Waals surface area contributed by atoms with Gasteiger partial charge in [-0.3, -0.25) is 4.79 Å². The second kappa shape index (κ2) is 6.91. The van der Waals surface area contributed by atoms with Crippen molar-refractivity contribution in [3.8, 4) is 11.3 Å². The van der Waals surface area contributed by atoms with Crippen LogP contribution in [0.4, 0.5) is 17.5 Å². The monoisotopic (exact) mass is 352 g/mol. The summed E-state index contributed by atoms with van der Waals surface area (Å²) in [5, 5.41) is 3.81. The molecular weight excluding hydrogens is 336 g/mol. The highest BCUT2D eigenvalue weighted by molar-refractivity contribution is 6.30. The Bertz CT molecular complexity index is 939. The van der Waals surface area contributed by atoms with E-state index in [1.54, 1.807) is 12.1 Å². The topological polar surface area (TPSA) is 80.9 Å². The fraction of sp³-hybridized carbons (Fsp3) is 0.105. The molecule has 0 radical (unpaired) electrons. The van der Waals surface area contributed by atoms with Gasteiger partial charge in [0.05, 0.1) is 5.69 Å². The summed E-state index contributed by atoms with van der Waals surface area (Å²) >= 11 is 6.10. The molecule has 0 amide bonds. The molecule has 0 bridgehead atoms. The smallest absolute Gasteiger partial charge is 0.222 e. The molecular formula is C19H17ClN4O. The average molecular weight is 353 g/mol. The highest BCUT2D eigenvalue weighted by Crippen LogP contribution is 2.28. The van der Waals surface area contributed by atoms with Gasteiger partial charge in [0.25, 0.3) is 0 Å². The van der Waals surface area contributed by atoms with Crippen LogP contribution in [0.2, 0.25) is 5.02 Å². The Kier molecular flexibility index (Phi) is 4.67. The molecule has 0 spiro atoms. The number of benzene rings is 2. The molecule has 1 heterocycles. The normalized spacial score (nSPS) is 10.5. The minimum absolute atomic E-state index is 0.0246. The van der Waals surface area contributed by atoms with Crippen molar-refractivity contribution < 1.29 is 4.79 Å². The summed E-state index contributed by atoms with van der Waals surface area (Å²) in [7, 11) is 0. The van der Waals surface area contributed by atoms with Crippen molar-refractivity contribution in [3.05, 3.63) is 64.7 Å². The number of nitrogens with two attached hydrogens (primary N) is 1. The van der Waals surface area contributed by atoms with E-state index in [0.29, 0.717) is 22.1 Å². The number of nitrogens with one attached hydrogen (secondary N) is 1. The molecule has 0 fully saturated rings. The standard InChI is InChI=1S/C19H17ClN4O/c1-11-3-6-14(20)9-16(11)17-10-18(24-19(21)23-17)22-15-7-4-13(5-8-15)12(2)25/h3-10H,1-2H3,(H3,21,22,23,24). The number of aromatic nitrogens is 2. The summed E-state index contributed by atoms with van der Waals surface area (Å²) in [5.41, 5.74) is 9.95. The number of anilines is 3. The molecule has 1 aromatic heterocycles. The van der Waals surface area contributed by atoms with Crippen LogP contribution in [0.25, 0.3) is 11.3 Å². The molecule has 0 atom stereocenters. The summed E-state index contributed by atoms with van der Waals surface area (Å²) < 4.78 is 0. The van der Waals surface area contributed by atoms with Crippen molar-refractivity contribution >= 4 is 34.8 Å². The molecule has 25 heavy (non-hydrogen) atoms. The molecule has 3 aromatic rings. The molecule has 2 aromatic carbocycles. The number of nitrogens with zero attached hydrogens (tertiary/aromatic N) is 2. The third-order valence-electron chi connectivity index (χ3n) is 3.78. The van der Waals surface area contributed by atoms with Crippen LogP contribution in [0.5, 0.6) is 0 Å². The summed E-state index contributed by atoms with van der Waals surface area (Å²) in [4.78, 5) is 19.9. The second-order valence-corrected chi connectivity index (χ2v) is 6.15. The van der Waals surface area contributed by atoms with Crippen LogP contribution in [-0.4, -0.2) is 15.8 Å². The maximum atomic E-state index is 11.4. The Hall–Kier alpha value is -2.92. The first kappa shape index (κ1) is 16.9. The Morgan fingerprint density at radius 3 is 2.48 bits per heavy atom. The molecule has 3 rings (SSSR count). The lowest BCUT2D eigenvalue weighted by atomic mass is 10.1. The zero-order chi connectivity index (χ0) is 18.0. The minimum Gasteiger partial charge on any atom is -0.368 e. The van der Waals surface area contributed by atoms with E-state index in [2.05, 4.69) is 15.3 Å². The summed E-state index contributed by atoms with van der Waals surface area (Å²) in [5.74, 6) is 0.758. The van der Waals surface area contributed by atoms with Gasteiger partial charge in [0.2, 0.25) is 5.95 Å². The first-order valence-electron chi connectivity index (χ1n) is 7.71. The zero-order valence-corrected chi connectivity index (χ0v) is 14.6. The van der Waals surface area contributed by atoms with Gasteiger partial charge in [0.15, 0.2) is 5.78 Å². The number of Topliss-reactive ketones (excluding diaryl/α,β-unsaturated/α-hetero) is 1. The Morgan fingerprint density at radius 2 is 1.80 bits per heavy atom. The lowest BCUT2D eigenvalue weighted by Gasteiger charge is -2.11. The van der Waals surface area contributed by atoms with Crippen molar-refractivity contribution in [2.75, 3.05) is 11.1 Å². The number of aryl methyl sites for hydroxylation is 1. The summed E-state index contributed by atoms with van der Waals surface area (Å²) in [6, 6.07) is 14.6. The number of hydrogen-bond acceptors (Lipinski definition) is 5. The number of hydrogen-bond donors (Lipinski definition) is 2. The molecule has 0 unspecified atom stereocenters. The average Bonchev–Trinajstić information content (AvgIpc) is 2.57. The molecule has 0 aliphatic heterocycles. The molecule has 6 heteroatoms. The Balaban J connectivity index is 1.94. The first-order chi connectivity index (χ1) is 11.9. The van der Waals surface area contributed by atoms with Gasteiger partial charge in [0, 0.05) is 27.9 Å². The lowest BCUT2D eigenvalue weighted by molar-refractivity contribution is 0.101.